The van der Waals surface area contributed by atoms with E-state index in [0.29, 0.717) is 24.2 Å². The van der Waals surface area contributed by atoms with E-state index < -0.39 is 18.2 Å². The second kappa shape index (κ2) is 5.89. The summed E-state index contributed by atoms with van der Waals surface area (Å²) in [5, 5.41) is 22.4. The van der Waals surface area contributed by atoms with Gasteiger partial charge in [0, 0.05) is 11.3 Å². The van der Waals surface area contributed by atoms with Crippen LogP contribution in [0.5, 0.6) is 0 Å². The molecule has 4 nitrogen and oxygen atoms in total. The lowest BCUT2D eigenvalue weighted by molar-refractivity contribution is 0.0133. The number of nitrogens with zero attached hydrogens (tertiary/aromatic N) is 1. The van der Waals surface area contributed by atoms with Crippen LogP contribution in [0.1, 0.15) is 23.8 Å². The van der Waals surface area contributed by atoms with Crippen molar-refractivity contribution in [2.75, 3.05) is 13.6 Å². The van der Waals surface area contributed by atoms with Gasteiger partial charge in [0.05, 0.1) is 6.10 Å². The topological polar surface area (TPSA) is 65.4 Å². The van der Waals surface area contributed by atoms with Gasteiger partial charge < -0.3 is 15.5 Å². The molecule has 90 valence electrons. The van der Waals surface area contributed by atoms with Crippen molar-refractivity contribution in [3.63, 3.8) is 0 Å². The zero-order valence-corrected chi connectivity index (χ0v) is 9.44. The molecule has 0 spiro atoms. The van der Waals surface area contributed by atoms with E-state index >= 15 is 0 Å². The molecule has 0 saturated heterocycles. The first-order valence-corrected chi connectivity index (χ1v) is 5.20. The quantitative estimate of drug-likeness (QED) is 0.643. The minimum atomic E-state index is -1.03. The Morgan fingerprint density at radius 2 is 2.12 bits per heavy atom. The Balaban J connectivity index is 2.75. The van der Waals surface area contributed by atoms with Crippen molar-refractivity contribution in [2.24, 2.45) is 0 Å². The van der Waals surface area contributed by atoms with Crippen molar-refractivity contribution in [3.05, 3.63) is 29.3 Å². The minimum Gasteiger partial charge on any atom is -0.390 e. The third-order valence-electron chi connectivity index (χ3n) is 2.47. The van der Waals surface area contributed by atoms with Crippen molar-refractivity contribution in [1.29, 1.82) is 0 Å². The third-order valence-corrected chi connectivity index (χ3v) is 2.47. The maximum atomic E-state index is 12.7. The zero-order valence-electron chi connectivity index (χ0n) is 9.44. The van der Waals surface area contributed by atoms with E-state index in [0.717, 1.165) is 0 Å². The molecular formula is C11H17FN2O2. The van der Waals surface area contributed by atoms with Gasteiger partial charge in [0.15, 0.2) is 0 Å². The fourth-order valence-electron chi connectivity index (χ4n) is 1.51. The van der Waals surface area contributed by atoms with Gasteiger partial charge in [0.2, 0.25) is 5.95 Å². The highest BCUT2D eigenvalue weighted by atomic mass is 19.1. The molecule has 1 heterocycles. The number of hydrogen-bond donors (Lipinski definition) is 3. The number of rotatable bonds is 5. The van der Waals surface area contributed by atoms with Gasteiger partial charge in [-0.1, -0.05) is 0 Å². The zero-order chi connectivity index (χ0) is 12.1. The van der Waals surface area contributed by atoms with Crippen LogP contribution in [0.25, 0.3) is 0 Å². The molecule has 0 aromatic carbocycles. The number of halogens is 1. The Morgan fingerprint density at radius 3 is 2.69 bits per heavy atom. The Hall–Kier alpha value is -1.04. The molecule has 0 bridgehead atoms. The highest BCUT2D eigenvalue weighted by molar-refractivity contribution is 5.22. The van der Waals surface area contributed by atoms with E-state index in [9.17, 15) is 14.6 Å². The fourth-order valence-corrected chi connectivity index (χ4v) is 1.51. The lowest BCUT2D eigenvalue weighted by Gasteiger charge is -2.19. The van der Waals surface area contributed by atoms with Crippen LogP contribution in [-0.2, 0) is 0 Å². The number of aliphatic hydroxyl groups is 2. The normalized spacial score (nSPS) is 14.8. The van der Waals surface area contributed by atoms with Crippen LogP contribution in [0.3, 0.4) is 0 Å². The van der Waals surface area contributed by atoms with E-state index in [4.69, 9.17) is 0 Å². The van der Waals surface area contributed by atoms with Gasteiger partial charge in [-0.2, -0.15) is 4.39 Å². The molecule has 0 aliphatic heterocycles. The van der Waals surface area contributed by atoms with Gasteiger partial charge in [-0.3, -0.25) is 0 Å². The average Bonchev–Trinajstić information content (AvgIpc) is 2.25. The summed E-state index contributed by atoms with van der Waals surface area (Å²) in [7, 11) is 1.77. The number of aryl methyl sites for hydroxylation is 1. The molecule has 5 heteroatoms. The fraction of sp³-hybridized carbons (Fsp3) is 0.545. The van der Waals surface area contributed by atoms with Crippen molar-refractivity contribution in [1.82, 2.24) is 10.3 Å². The molecule has 2 atom stereocenters. The van der Waals surface area contributed by atoms with Crippen LogP contribution < -0.4 is 5.32 Å². The Morgan fingerprint density at radius 1 is 1.44 bits per heavy atom. The van der Waals surface area contributed by atoms with E-state index in [1.165, 1.54) is 12.1 Å². The molecule has 2 unspecified atom stereocenters. The summed E-state index contributed by atoms with van der Waals surface area (Å²) in [4.78, 5) is 3.60. The summed E-state index contributed by atoms with van der Waals surface area (Å²) in [6.45, 7) is 2.21. The maximum Gasteiger partial charge on any atom is 0.213 e. The first-order chi connectivity index (χ1) is 7.56. The average molecular weight is 228 g/mol. The van der Waals surface area contributed by atoms with Gasteiger partial charge in [0.25, 0.3) is 0 Å². The van der Waals surface area contributed by atoms with Gasteiger partial charge in [-0.05, 0) is 39.1 Å². The largest absolute Gasteiger partial charge is 0.390 e. The van der Waals surface area contributed by atoms with E-state index in [-0.39, 0.29) is 0 Å². The highest BCUT2D eigenvalue weighted by Gasteiger charge is 2.20. The monoisotopic (exact) mass is 228 g/mol. The van der Waals surface area contributed by atoms with Crippen molar-refractivity contribution in [3.8, 4) is 0 Å². The van der Waals surface area contributed by atoms with Crippen LogP contribution in [-0.4, -0.2) is 34.9 Å². The van der Waals surface area contributed by atoms with Gasteiger partial charge >= 0.3 is 0 Å². The lowest BCUT2D eigenvalue weighted by Crippen LogP contribution is -2.24. The summed E-state index contributed by atoms with van der Waals surface area (Å²) >= 11 is 0. The van der Waals surface area contributed by atoms with Crippen molar-refractivity contribution >= 4 is 0 Å². The summed E-state index contributed by atoms with van der Waals surface area (Å²) in [6.07, 6.45) is -1.48. The summed E-state index contributed by atoms with van der Waals surface area (Å²) in [6, 6.07) is 2.63. The number of hydrogen-bond acceptors (Lipinski definition) is 4. The number of nitrogens with one attached hydrogen (secondary N) is 1. The van der Waals surface area contributed by atoms with Gasteiger partial charge in [-0.25, -0.2) is 4.98 Å². The predicted octanol–water partition coefficient (Wildman–Crippen LogP) is 0.533. The first-order valence-electron chi connectivity index (χ1n) is 5.20. The molecule has 0 radical (unpaired) electrons. The summed E-state index contributed by atoms with van der Waals surface area (Å²) in [5.74, 6) is -0.585. The minimum absolute atomic E-state index is 0.399. The Bertz CT molecular complexity index is 347. The molecule has 1 aromatic heterocycles. The maximum absolute atomic E-state index is 12.7. The molecule has 0 saturated carbocycles. The molecule has 1 aromatic rings. The molecule has 0 aliphatic carbocycles. The van der Waals surface area contributed by atoms with Gasteiger partial charge in [-0.15, -0.1) is 0 Å². The first kappa shape index (κ1) is 13.0. The SMILES string of the molecule is CNCCC(O)C(O)c1ccc(F)nc1C. The predicted molar refractivity (Wildman–Crippen MR) is 58.4 cm³/mol. The number of aromatic nitrogens is 1. The number of pyridine rings is 1. The second-order valence-electron chi connectivity index (χ2n) is 3.71. The van der Waals surface area contributed by atoms with Crippen LogP contribution in [0.15, 0.2) is 12.1 Å². The molecule has 0 fully saturated rings. The van der Waals surface area contributed by atoms with Crippen molar-refractivity contribution < 1.29 is 14.6 Å². The van der Waals surface area contributed by atoms with E-state index in [1.807, 2.05) is 0 Å². The van der Waals surface area contributed by atoms with E-state index in [1.54, 1.807) is 14.0 Å². The third kappa shape index (κ3) is 3.23. The summed E-state index contributed by atoms with van der Waals surface area (Å²) < 4.78 is 12.7. The molecule has 0 amide bonds. The van der Waals surface area contributed by atoms with Gasteiger partial charge in [0.1, 0.15) is 6.10 Å². The molecular weight excluding hydrogens is 211 g/mol. The Kier molecular flexibility index (Phi) is 4.79. The number of aliphatic hydroxyl groups excluding tert-OH is 2. The van der Waals surface area contributed by atoms with E-state index in [2.05, 4.69) is 10.3 Å². The second-order valence-corrected chi connectivity index (χ2v) is 3.71. The molecule has 16 heavy (non-hydrogen) atoms. The Labute approximate surface area is 94.1 Å². The van der Waals surface area contributed by atoms with Crippen LogP contribution >= 0.6 is 0 Å². The standard InChI is InChI=1S/C11H17FN2O2/c1-7-8(3-4-10(12)14-7)11(16)9(15)5-6-13-2/h3-4,9,11,13,15-16H,5-6H2,1-2H3. The summed E-state index contributed by atoms with van der Waals surface area (Å²) in [5.41, 5.74) is 0.862. The lowest BCUT2D eigenvalue weighted by atomic mass is 10.0. The molecule has 1 rings (SSSR count). The highest BCUT2D eigenvalue weighted by Crippen LogP contribution is 2.21. The molecule has 0 aliphatic rings. The van der Waals surface area contributed by atoms with Crippen LogP contribution in [0.2, 0.25) is 0 Å². The van der Waals surface area contributed by atoms with Crippen molar-refractivity contribution in [2.45, 2.75) is 25.6 Å². The van der Waals surface area contributed by atoms with Crippen LogP contribution in [0.4, 0.5) is 4.39 Å². The molecule has 3 N–H and O–H groups in total. The smallest absolute Gasteiger partial charge is 0.213 e. The van der Waals surface area contributed by atoms with Crippen LogP contribution in [0, 0.1) is 12.9 Å².